The highest BCUT2D eigenvalue weighted by atomic mass is 19.4. The SMILES string of the molecule is Fc1cccc(OCc2nnc(-c3ccccc3C(F)(F)F)o2)c1. The zero-order chi connectivity index (χ0) is 17.2. The van der Waals surface area contributed by atoms with Gasteiger partial charge in [-0.2, -0.15) is 13.2 Å². The summed E-state index contributed by atoms with van der Waals surface area (Å²) in [7, 11) is 0. The molecule has 0 fully saturated rings. The molecule has 3 rings (SSSR count). The first kappa shape index (κ1) is 16.0. The number of alkyl halides is 3. The summed E-state index contributed by atoms with van der Waals surface area (Å²) in [5, 5.41) is 7.27. The fourth-order valence-corrected chi connectivity index (χ4v) is 2.04. The zero-order valence-corrected chi connectivity index (χ0v) is 12.0. The van der Waals surface area contributed by atoms with Crippen LogP contribution < -0.4 is 4.74 Å². The van der Waals surface area contributed by atoms with Crippen molar-refractivity contribution in [3.05, 3.63) is 65.8 Å². The smallest absolute Gasteiger partial charge is 0.417 e. The van der Waals surface area contributed by atoms with Gasteiger partial charge in [0.25, 0.3) is 5.89 Å². The first-order valence-corrected chi connectivity index (χ1v) is 6.81. The van der Waals surface area contributed by atoms with E-state index in [1.165, 1.54) is 36.4 Å². The van der Waals surface area contributed by atoms with E-state index in [0.717, 1.165) is 12.1 Å². The summed E-state index contributed by atoms with van der Waals surface area (Å²) in [5.74, 6) is -0.518. The number of hydrogen-bond acceptors (Lipinski definition) is 4. The van der Waals surface area contributed by atoms with Gasteiger partial charge < -0.3 is 9.15 Å². The van der Waals surface area contributed by atoms with Crippen molar-refractivity contribution in [2.45, 2.75) is 12.8 Å². The van der Waals surface area contributed by atoms with Crippen LogP contribution in [0, 0.1) is 5.82 Å². The van der Waals surface area contributed by atoms with E-state index in [9.17, 15) is 17.6 Å². The number of nitrogens with zero attached hydrogens (tertiary/aromatic N) is 2. The molecule has 0 aliphatic rings. The quantitative estimate of drug-likeness (QED) is 0.659. The Balaban J connectivity index is 1.79. The summed E-state index contributed by atoms with van der Waals surface area (Å²) in [5.41, 5.74) is -1.08. The molecule has 0 spiro atoms. The van der Waals surface area contributed by atoms with E-state index in [-0.39, 0.29) is 29.7 Å². The molecule has 8 heteroatoms. The summed E-state index contributed by atoms with van der Waals surface area (Å²) in [6, 6.07) is 10.3. The molecule has 0 atom stereocenters. The lowest BCUT2D eigenvalue weighted by molar-refractivity contribution is -0.137. The number of benzene rings is 2. The van der Waals surface area contributed by atoms with Crippen LogP contribution in [-0.2, 0) is 12.8 Å². The van der Waals surface area contributed by atoms with E-state index in [2.05, 4.69) is 10.2 Å². The average Bonchev–Trinajstić information content (AvgIpc) is 3.01. The van der Waals surface area contributed by atoms with E-state index in [4.69, 9.17) is 9.15 Å². The van der Waals surface area contributed by atoms with Gasteiger partial charge in [0.05, 0.1) is 11.1 Å². The highest BCUT2D eigenvalue weighted by molar-refractivity contribution is 5.59. The normalized spacial score (nSPS) is 11.5. The largest absolute Gasteiger partial charge is 0.484 e. The van der Waals surface area contributed by atoms with Crippen molar-refractivity contribution in [1.82, 2.24) is 10.2 Å². The van der Waals surface area contributed by atoms with Crippen molar-refractivity contribution >= 4 is 0 Å². The van der Waals surface area contributed by atoms with Crippen LogP contribution >= 0.6 is 0 Å². The van der Waals surface area contributed by atoms with Crippen LogP contribution in [0.1, 0.15) is 11.5 Å². The molecule has 0 aliphatic carbocycles. The standard InChI is InChI=1S/C16H10F4N2O2/c17-10-4-3-5-11(8-10)23-9-14-21-22-15(24-14)12-6-1-2-7-13(12)16(18,19)20/h1-8H,9H2. The van der Waals surface area contributed by atoms with Crippen molar-refractivity contribution in [3.8, 4) is 17.2 Å². The molecule has 0 amide bonds. The van der Waals surface area contributed by atoms with Gasteiger partial charge >= 0.3 is 6.18 Å². The van der Waals surface area contributed by atoms with E-state index in [1.807, 2.05) is 0 Å². The lowest BCUT2D eigenvalue weighted by atomic mass is 10.1. The van der Waals surface area contributed by atoms with E-state index in [0.29, 0.717) is 0 Å². The van der Waals surface area contributed by atoms with Crippen molar-refractivity contribution < 1.29 is 26.7 Å². The number of aromatic nitrogens is 2. The number of ether oxygens (including phenoxy) is 1. The van der Waals surface area contributed by atoms with Gasteiger partial charge in [-0.3, -0.25) is 0 Å². The topological polar surface area (TPSA) is 48.2 Å². The first-order valence-electron chi connectivity index (χ1n) is 6.81. The fourth-order valence-electron chi connectivity index (χ4n) is 2.04. The maximum absolute atomic E-state index is 13.0. The second-order valence-corrected chi connectivity index (χ2v) is 4.79. The highest BCUT2D eigenvalue weighted by Gasteiger charge is 2.34. The molecule has 24 heavy (non-hydrogen) atoms. The molecular weight excluding hydrogens is 328 g/mol. The highest BCUT2D eigenvalue weighted by Crippen LogP contribution is 2.36. The Morgan fingerprint density at radius 1 is 1.00 bits per heavy atom. The summed E-state index contributed by atoms with van der Waals surface area (Å²) >= 11 is 0. The van der Waals surface area contributed by atoms with Gasteiger partial charge in [0.2, 0.25) is 5.89 Å². The maximum atomic E-state index is 13.0. The minimum Gasteiger partial charge on any atom is -0.484 e. The lowest BCUT2D eigenvalue weighted by Gasteiger charge is -2.09. The molecule has 0 saturated carbocycles. The molecule has 1 heterocycles. The Hall–Kier alpha value is -2.90. The number of hydrogen-bond donors (Lipinski definition) is 0. The summed E-state index contributed by atoms with van der Waals surface area (Å²) in [4.78, 5) is 0. The van der Waals surface area contributed by atoms with Gasteiger partial charge in [-0.25, -0.2) is 4.39 Å². The van der Waals surface area contributed by atoms with Crippen LogP contribution in [-0.4, -0.2) is 10.2 Å². The molecule has 1 aromatic heterocycles. The summed E-state index contributed by atoms with van der Waals surface area (Å²) < 4.78 is 62.5. The third-order valence-electron chi connectivity index (χ3n) is 3.09. The van der Waals surface area contributed by atoms with Gasteiger partial charge in [0.1, 0.15) is 11.6 Å². The number of halogens is 4. The molecule has 2 aromatic carbocycles. The second kappa shape index (κ2) is 6.31. The lowest BCUT2D eigenvalue weighted by Crippen LogP contribution is -2.06. The van der Waals surface area contributed by atoms with Gasteiger partial charge in [-0.05, 0) is 24.3 Å². The maximum Gasteiger partial charge on any atom is 0.417 e. The summed E-state index contributed by atoms with van der Waals surface area (Å²) in [6.45, 7) is -0.190. The fraction of sp³-hybridized carbons (Fsp3) is 0.125. The Morgan fingerprint density at radius 3 is 2.54 bits per heavy atom. The predicted octanol–water partition coefficient (Wildman–Crippen LogP) is 4.47. The van der Waals surface area contributed by atoms with Crippen LogP contribution in [0.25, 0.3) is 11.5 Å². The minimum atomic E-state index is -4.54. The zero-order valence-electron chi connectivity index (χ0n) is 12.0. The Kier molecular flexibility index (Phi) is 4.20. The van der Waals surface area contributed by atoms with Crippen molar-refractivity contribution in [3.63, 3.8) is 0 Å². The Bertz CT molecular complexity index is 846. The first-order chi connectivity index (χ1) is 11.4. The molecule has 0 saturated heterocycles. The molecule has 3 aromatic rings. The molecule has 0 radical (unpaired) electrons. The third kappa shape index (κ3) is 3.53. The van der Waals surface area contributed by atoms with Crippen molar-refractivity contribution in [1.29, 1.82) is 0 Å². The van der Waals surface area contributed by atoms with Gasteiger partial charge in [-0.1, -0.05) is 18.2 Å². The van der Waals surface area contributed by atoms with Crippen LogP contribution in [0.2, 0.25) is 0 Å². The molecule has 124 valence electrons. The summed E-state index contributed by atoms with van der Waals surface area (Å²) in [6.07, 6.45) is -4.54. The monoisotopic (exact) mass is 338 g/mol. The van der Waals surface area contributed by atoms with E-state index >= 15 is 0 Å². The van der Waals surface area contributed by atoms with Crippen molar-refractivity contribution in [2.24, 2.45) is 0 Å². The van der Waals surface area contributed by atoms with Gasteiger partial charge in [0.15, 0.2) is 6.61 Å². The van der Waals surface area contributed by atoms with Gasteiger partial charge in [-0.15, -0.1) is 10.2 Å². The molecule has 0 unspecified atom stereocenters. The Morgan fingerprint density at radius 2 is 1.79 bits per heavy atom. The average molecular weight is 338 g/mol. The molecule has 0 bridgehead atoms. The van der Waals surface area contributed by atoms with Gasteiger partial charge in [0, 0.05) is 6.07 Å². The minimum absolute atomic E-state index is 0.0220. The molecule has 0 N–H and O–H groups in total. The predicted molar refractivity (Wildman–Crippen MR) is 75.5 cm³/mol. The van der Waals surface area contributed by atoms with Crippen LogP contribution in [0.15, 0.2) is 52.9 Å². The van der Waals surface area contributed by atoms with Crippen molar-refractivity contribution in [2.75, 3.05) is 0 Å². The molecule has 4 nitrogen and oxygen atoms in total. The third-order valence-corrected chi connectivity index (χ3v) is 3.09. The second-order valence-electron chi connectivity index (χ2n) is 4.79. The van der Waals surface area contributed by atoms with E-state index in [1.54, 1.807) is 0 Å². The van der Waals surface area contributed by atoms with Crippen LogP contribution in [0.3, 0.4) is 0 Å². The van der Waals surface area contributed by atoms with Crippen LogP contribution in [0.4, 0.5) is 17.6 Å². The Labute approximate surface area is 133 Å². The number of rotatable bonds is 4. The van der Waals surface area contributed by atoms with E-state index < -0.39 is 17.6 Å². The molecule has 0 aliphatic heterocycles. The molecular formula is C16H10F4N2O2. The van der Waals surface area contributed by atoms with Crippen LogP contribution in [0.5, 0.6) is 5.75 Å².